The van der Waals surface area contributed by atoms with Crippen LogP contribution in [-0.2, 0) is 38.2 Å². The lowest BCUT2D eigenvalue weighted by Crippen LogP contribution is -2.40. The first-order valence-electron chi connectivity index (χ1n) is 7.47. The molecule has 1 atom stereocenters. The van der Waals surface area contributed by atoms with Crippen molar-refractivity contribution in [1.29, 1.82) is 0 Å². The Morgan fingerprint density at radius 2 is 2.00 bits per heavy atom. The van der Waals surface area contributed by atoms with Crippen molar-refractivity contribution in [3.63, 3.8) is 0 Å². The molecule has 0 bridgehead atoms. The topological polar surface area (TPSA) is 112 Å². The number of carbonyl (C=O) groups is 1. The van der Waals surface area contributed by atoms with E-state index in [0.717, 1.165) is 17.7 Å². The molecular formula is C14H16F3NO7S. The van der Waals surface area contributed by atoms with Crippen molar-refractivity contribution in [2.24, 2.45) is 0 Å². The molecule has 0 spiro atoms. The highest BCUT2D eigenvalue weighted by Crippen LogP contribution is 2.36. The van der Waals surface area contributed by atoms with Gasteiger partial charge in [-0.3, -0.25) is 4.79 Å². The summed E-state index contributed by atoms with van der Waals surface area (Å²) < 4.78 is 70.4. The minimum Gasteiger partial charge on any atom is -0.467 e. The fourth-order valence-electron chi connectivity index (χ4n) is 2.71. The van der Waals surface area contributed by atoms with Gasteiger partial charge in [-0.2, -0.15) is 21.6 Å². The Morgan fingerprint density at radius 3 is 2.50 bits per heavy atom. The van der Waals surface area contributed by atoms with E-state index in [9.17, 15) is 36.3 Å². The van der Waals surface area contributed by atoms with Crippen molar-refractivity contribution in [1.82, 2.24) is 4.57 Å². The van der Waals surface area contributed by atoms with Crippen LogP contribution >= 0.6 is 0 Å². The summed E-state index contributed by atoms with van der Waals surface area (Å²) in [6.45, 7) is 1.45. The van der Waals surface area contributed by atoms with Crippen molar-refractivity contribution >= 4 is 16.1 Å². The van der Waals surface area contributed by atoms with E-state index in [1.807, 2.05) is 0 Å². The number of carbonyl (C=O) groups excluding carboxylic acids is 1. The summed E-state index contributed by atoms with van der Waals surface area (Å²) in [5, 5.41) is 10.6. The van der Waals surface area contributed by atoms with Crippen LogP contribution in [0.1, 0.15) is 31.0 Å². The number of pyridine rings is 1. The van der Waals surface area contributed by atoms with Crippen LogP contribution in [0.5, 0.6) is 5.75 Å². The summed E-state index contributed by atoms with van der Waals surface area (Å²) >= 11 is 0. The molecule has 2 rings (SSSR count). The predicted octanol–water partition coefficient (Wildman–Crippen LogP) is 0.794. The van der Waals surface area contributed by atoms with E-state index in [2.05, 4.69) is 8.92 Å². The lowest BCUT2D eigenvalue weighted by molar-refractivity contribution is -0.164. The maximum Gasteiger partial charge on any atom is 0.534 e. The van der Waals surface area contributed by atoms with E-state index in [1.54, 1.807) is 0 Å². The van der Waals surface area contributed by atoms with Crippen molar-refractivity contribution in [3.05, 3.63) is 27.7 Å². The molecule has 0 saturated heterocycles. The second-order valence-electron chi connectivity index (χ2n) is 5.63. The van der Waals surface area contributed by atoms with Crippen LogP contribution in [0.3, 0.4) is 0 Å². The van der Waals surface area contributed by atoms with E-state index in [4.69, 9.17) is 0 Å². The molecule has 0 amide bonds. The van der Waals surface area contributed by atoms with Gasteiger partial charge in [0, 0.05) is 17.8 Å². The van der Waals surface area contributed by atoms with Gasteiger partial charge in [0.2, 0.25) is 5.75 Å². The lowest BCUT2D eigenvalue weighted by atomic mass is 9.90. The fraction of sp³-hybridized carbons (Fsp3) is 0.571. The van der Waals surface area contributed by atoms with Gasteiger partial charge < -0.3 is 18.6 Å². The van der Waals surface area contributed by atoms with Gasteiger partial charge in [-0.25, -0.2) is 4.79 Å². The fourth-order valence-corrected chi connectivity index (χ4v) is 3.18. The SMILES string of the molecule is CC[C@@](O)(C(=O)OC)c1cc2n(c(=O)c1OS(=O)(=O)C(F)(F)F)CCC2. The van der Waals surface area contributed by atoms with Crippen LogP contribution in [-0.4, -0.2) is 36.7 Å². The normalized spacial score (nSPS) is 16.7. The van der Waals surface area contributed by atoms with Gasteiger partial charge in [0.1, 0.15) is 0 Å². The van der Waals surface area contributed by atoms with E-state index < -0.39 is 50.5 Å². The Kier molecular flexibility index (Phi) is 5.12. The number of esters is 1. The van der Waals surface area contributed by atoms with Gasteiger partial charge in [0.05, 0.1) is 7.11 Å². The van der Waals surface area contributed by atoms with Crippen molar-refractivity contribution in [3.8, 4) is 5.75 Å². The van der Waals surface area contributed by atoms with Crippen molar-refractivity contribution in [2.75, 3.05) is 7.11 Å². The van der Waals surface area contributed by atoms with Gasteiger partial charge in [0.25, 0.3) is 5.56 Å². The number of ether oxygens (including phenoxy) is 1. The first-order chi connectivity index (χ1) is 11.9. The molecule has 1 aliphatic heterocycles. The van der Waals surface area contributed by atoms with Crippen LogP contribution in [0.2, 0.25) is 0 Å². The number of alkyl halides is 3. The minimum atomic E-state index is -6.19. The molecule has 0 aromatic carbocycles. The average Bonchev–Trinajstić information content (AvgIpc) is 3.03. The quantitative estimate of drug-likeness (QED) is 0.443. The van der Waals surface area contributed by atoms with Gasteiger partial charge in [0.15, 0.2) is 5.60 Å². The molecule has 1 aromatic heterocycles. The molecule has 8 nitrogen and oxygen atoms in total. The summed E-state index contributed by atoms with van der Waals surface area (Å²) in [4.78, 5) is 24.5. The highest BCUT2D eigenvalue weighted by Gasteiger charge is 2.51. The molecule has 2 heterocycles. The van der Waals surface area contributed by atoms with E-state index in [1.165, 1.54) is 6.92 Å². The Morgan fingerprint density at radius 1 is 1.38 bits per heavy atom. The molecule has 0 fully saturated rings. The summed E-state index contributed by atoms with van der Waals surface area (Å²) in [6, 6.07) is 1.09. The van der Waals surface area contributed by atoms with E-state index >= 15 is 0 Å². The zero-order valence-electron chi connectivity index (χ0n) is 13.8. The zero-order valence-corrected chi connectivity index (χ0v) is 14.6. The molecule has 1 N–H and O–H groups in total. The number of hydrogen-bond donors (Lipinski definition) is 1. The lowest BCUT2D eigenvalue weighted by Gasteiger charge is -2.26. The highest BCUT2D eigenvalue weighted by atomic mass is 32.2. The zero-order chi connectivity index (χ0) is 19.9. The number of methoxy groups -OCH3 is 1. The molecule has 0 radical (unpaired) electrons. The predicted molar refractivity (Wildman–Crippen MR) is 80.8 cm³/mol. The number of halogens is 3. The molecular weight excluding hydrogens is 383 g/mol. The number of fused-ring (bicyclic) bond motifs is 1. The van der Waals surface area contributed by atoms with Gasteiger partial charge >= 0.3 is 21.6 Å². The number of aliphatic hydroxyl groups is 1. The van der Waals surface area contributed by atoms with Crippen LogP contribution in [0.4, 0.5) is 13.2 Å². The molecule has 0 saturated carbocycles. The molecule has 0 unspecified atom stereocenters. The van der Waals surface area contributed by atoms with Crippen LogP contribution in [0.15, 0.2) is 10.9 Å². The molecule has 1 aromatic rings. The van der Waals surface area contributed by atoms with Gasteiger partial charge in [-0.1, -0.05) is 6.92 Å². The molecule has 26 heavy (non-hydrogen) atoms. The Hall–Kier alpha value is -2.08. The second-order valence-corrected chi connectivity index (χ2v) is 7.17. The van der Waals surface area contributed by atoms with Crippen molar-refractivity contribution < 1.29 is 40.4 Å². The molecule has 0 aliphatic carbocycles. The van der Waals surface area contributed by atoms with Gasteiger partial charge in [-0.15, -0.1) is 0 Å². The molecule has 146 valence electrons. The third-order valence-corrected chi connectivity index (χ3v) is 5.07. The second kappa shape index (κ2) is 6.58. The number of hydrogen-bond acceptors (Lipinski definition) is 7. The number of aromatic nitrogens is 1. The van der Waals surface area contributed by atoms with Crippen LogP contribution in [0, 0.1) is 0 Å². The third kappa shape index (κ3) is 3.18. The van der Waals surface area contributed by atoms with Crippen LogP contribution < -0.4 is 9.74 Å². The standard InChI is InChI=1S/C14H16F3NO7S/c1-3-13(21,12(20)24-2)9-7-8-5-4-6-18(8)11(19)10(9)25-26(22,23)14(15,16)17/h7,21H,3-6H2,1-2H3/t13-/m0/s1. The Labute approximate surface area is 146 Å². The average molecular weight is 399 g/mol. The molecule has 12 heteroatoms. The largest absolute Gasteiger partial charge is 0.534 e. The van der Waals surface area contributed by atoms with E-state index in [0.29, 0.717) is 18.5 Å². The summed E-state index contributed by atoms with van der Waals surface area (Å²) in [6.07, 6.45) is 0.438. The number of nitrogens with zero attached hydrogens (tertiary/aromatic N) is 1. The Balaban J connectivity index is 2.78. The summed E-state index contributed by atoms with van der Waals surface area (Å²) in [5.74, 6) is -2.54. The van der Waals surface area contributed by atoms with Crippen LogP contribution in [0.25, 0.3) is 0 Å². The minimum absolute atomic E-state index is 0.139. The van der Waals surface area contributed by atoms with E-state index in [-0.39, 0.29) is 6.54 Å². The number of aryl methyl sites for hydroxylation is 1. The summed E-state index contributed by atoms with van der Waals surface area (Å²) in [5.41, 5.74) is -9.88. The highest BCUT2D eigenvalue weighted by molar-refractivity contribution is 7.88. The monoisotopic (exact) mass is 399 g/mol. The Bertz CT molecular complexity index is 891. The molecule has 1 aliphatic rings. The maximum absolute atomic E-state index is 12.7. The first-order valence-corrected chi connectivity index (χ1v) is 8.88. The van der Waals surface area contributed by atoms with Gasteiger partial charge in [-0.05, 0) is 25.3 Å². The number of rotatable bonds is 5. The smallest absolute Gasteiger partial charge is 0.467 e. The maximum atomic E-state index is 12.7. The van der Waals surface area contributed by atoms with Crippen molar-refractivity contribution in [2.45, 2.75) is 43.8 Å². The summed E-state index contributed by atoms with van der Waals surface area (Å²) in [7, 11) is -5.26. The third-order valence-electron chi connectivity index (χ3n) is 4.11. The first kappa shape index (κ1) is 20.2.